The second kappa shape index (κ2) is 5.93. The SMILES string of the molecule is C=CC(C(=O)Cl)[PH](=O)O.Cl. The topological polar surface area (TPSA) is 54.4 Å². The molecule has 0 radical (unpaired) electrons. The maximum Gasteiger partial charge on any atom is 0.237 e. The van der Waals surface area contributed by atoms with Crippen molar-refractivity contribution in [1.29, 1.82) is 0 Å². The van der Waals surface area contributed by atoms with Crippen molar-refractivity contribution in [3.05, 3.63) is 12.7 Å². The molecule has 3 nitrogen and oxygen atoms in total. The summed E-state index contributed by atoms with van der Waals surface area (Å²) in [4.78, 5) is 18.5. The highest BCUT2D eigenvalue weighted by molar-refractivity contribution is 7.41. The van der Waals surface area contributed by atoms with E-state index in [4.69, 9.17) is 16.5 Å². The molecule has 0 aliphatic heterocycles. The Balaban J connectivity index is 0. The summed E-state index contributed by atoms with van der Waals surface area (Å²) in [7, 11) is -2.87. The van der Waals surface area contributed by atoms with Crippen LogP contribution < -0.4 is 0 Å². The summed E-state index contributed by atoms with van der Waals surface area (Å²) in [6, 6.07) is 0. The quantitative estimate of drug-likeness (QED) is 0.427. The smallest absolute Gasteiger partial charge is 0.237 e. The van der Waals surface area contributed by atoms with Crippen LogP contribution in [0.15, 0.2) is 12.7 Å². The van der Waals surface area contributed by atoms with Gasteiger partial charge in [0, 0.05) is 0 Å². The molecule has 60 valence electrons. The van der Waals surface area contributed by atoms with Gasteiger partial charge in [0.2, 0.25) is 13.3 Å². The summed E-state index contributed by atoms with van der Waals surface area (Å²) in [6.07, 6.45) is 1.07. The van der Waals surface area contributed by atoms with Crippen molar-refractivity contribution in [2.45, 2.75) is 5.66 Å². The van der Waals surface area contributed by atoms with Gasteiger partial charge in [-0.2, -0.15) is 0 Å². The third-order valence-corrected chi connectivity index (χ3v) is 2.19. The van der Waals surface area contributed by atoms with Crippen molar-refractivity contribution in [2.75, 3.05) is 0 Å². The molecule has 0 aliphatic carbocycles. The zero-order valence-electron chi connectivity index (χ0n) is 4.91. The molecule has 0 fully saturated rings. The molecule has 0 aromatic heterocycles. The van der Waals surface area contributed by atoms with Crippen molar-refractivity contribution in [3.8, 4) is 0 Å². The van der Waals surface area contributed by atoms with Gasteiger partial charge < -0.3 is 4.89 Å². The molecule has 2 unspecified atom stereocenters. The first-order chi connectivity index (χ1) is 4.09. The van der Waals surface area contributed by atoms with Crippen molar-refractivity contribution >= 4 is 37.3 Å². The van der Waals surface area contributed by atoms with Crippen LogP contribution in [0, 0.1) is 0 Å². The van der Waals surface area contributed by atoms with Crippen molar-refractivity contribution in [1.82, 2.24) is 0 Å². The molecule has 0 rings (SSSR count). The van der Waals surface area contributed by atoms with Crippen LogP contribution in [0.4, 0.5) is 0 Å². The second-order valence-electron chi connectivity index (χ2n) is 1.36. The Hall–Kier alpha value is 0.180. The maximum atomic E-state index is 10.2. The normalized spacial score (nSPS) is 14.6. The molecule has 0 aliphatic rings. The van der Waals surface area contributed by atoms with Crippen LogP contribution in [-0.4, -0.2) is 15.8 Å². The summed E-state index contributed by atoms with van der Waals surface area (Å²) >= 11 is 4.89. The van der Waals surface area contributed by atoms with Crippen LogP contribution in [0.25, 0.3) is 0 Å². The van der Waals surface area contributed by atoms with Gasteiger partial charge >= 0.3 is 0 Å². The van der Waals surface area contributed by atoms with Gasteiger partial charge in [-0.25, -0.2) is 0 Å². The number of carbonyl (C=O) groups excluding carboxylic acids is 1. The standard InChI is InChI=1S/C4H6ClO3P.ClH/c1-2-3(4(5)6)9(7)8;/h2-3,9H,1H2,(H,7,8);1H. The van der Waals surface area contributed by atoms with E-state index in [-0.39, 0.29) is 12.4 Å². The van der Waals surface area contributed by atoms with Gasteiger partial charge in [-0.05, 0) is 11.6 Å². The fraction of sp³-hybridized carbons (Fsp3) is 0.250. The summed E-state index contributed by atoms with van der Waals surface area (Å²) in [5.41, 5.74) is -1.09. The number of rotatable bonds is 3. The number of hydrogen-bond acceptors (Lipinski definition) is 2. The lowest BCUT2D eigenvalue weighted by Crippen LogP contribution is -2.05. The highest BCUT2D eigenvalue weighted by Gasteiger charge is 2.16. The van der Waals surface area contributed by atoms with Gasteiger partial charge in [-0.1, -0.05) is 6.08 Å². The Morgan fingerprint density at radius 2 is 2.20 bits per heavy atom. The second-order valence-corrected chi connectivity index (χ2v) is 3.03. The van der Waals surface area contributed by atoms with Gasteiger partial charge in [-0.3, -0.25) is 9.36 Å². The van der Waals surface area contributed by atoms with E-state index in [0.29, 0.717) is 0 Å². The van der Waals surface area contributed by atoms with E-state index in [1.165, 1.54) is 0 Å². The molecule has 2 atom stereocenters. The van der Waals surface area contributed by atoms with Gasteiger partial charge in [-0.15, -0.1) is 19.0 Å². The van der Waals surface area contributed by atoms with Crippen LogP contribution in [0.2, 0.25) is 0 Å². The van der Waals surface area contributed by atoms with Crippen molar-refractivity contribution < 1.29 is 14.3 Å². The van der Waals surface area contributed by atoms with E-state index in [2.05, 4.69) is 6.58 Å². The average molecular weight is 205 g/mol. The predicted octanol–water partition coefficient (Wildman–Crippen LogP) is 1.20. The van der Waals surface area contributed by atoms with Gasteiger partial charge in [0.25, 0.3) is 0 Å². The zero-order valence-corrected chi connectivity index (χ0v) is 7.48. The number of carbonyl (C=O) groups is 1. The fourth-order valence-corrected chi connectivity index (χ4v) is 1.06. The molecule has 0 aromatic rings. The maximum absolute atomic E-state index is 10.2. The molecule has 10 heavy (non-hydrogen) atoms. The lowest BCUT2D eigenvalue weighted by molar-refractivity contribution is -0.110. The number of hydrogen-bond donors (Lipinski definition) is 1. The Labute approximate surface area is 70.3 Å². The van der Waals surface area contributed by atoms with E-state index in [0.717, 1.165) is 6.08 Å². The predicted molar refractivity (Wildman–Crippen MR) is 43.3 cm³/mol. The third kappa shape index (κ3) is 4.07. The highest BCUT2D eigenvalue weighted by Crippen LogP contribution is 2.24. The molecule has 0 amide bonds. The minimum atomic E-state index is -2.87. The summed E-state index contributed by atoms with van der Waals surface area (Å²) in [6.45, 7) is 3.16. The molecule has 0 heterocycles. The monoisotopic (exact) mass is 204 g/mol. The molecule has 0 saturated carbocycles. The summed E-state index contributed by atoms with van der Waals surface area (Å²) in [5.74, 6) is 0. The molecular weight excluding hydrogens is 198 g/mol. The van der Waals surface area contributed by atoms with E-state index >= 15 is 0 Å². The first kappa shape index (κ1) is 12.8. The lowest BCUT2D eigenvalue weighted by Gasteiger charge is -1.98. The Morgan fingerprint density at radius 1 is 1.80 bits per heavy atom. The lowest BCUT2D eigenvalue weighted by atomic mass is 10.5. The minimum absolute atomic E-state index is 0. The van der Waals surface area contributed by atoms with Crippen LogP contribution in [0.5, 0.6) is 0 Å². The molecule has 6 heteroatoms. The number of halogens is 2. The first-order valence-corrected chi connectivity index (χ1v) is 3.95. The van der Waals surface area contributed by atoms with Gasteiger partial charge in [0.1, 0.15) is 5.66 Å². The van der Waals surface area contributed by atoms with Crippen molar-refractivity contribution in [2.24, 2.45) is 0 Å². The molecule has 0 saturated heterocycles. The zero-order chi connectivity index (χ0) is 7.44. The Morgan fingerprint density at radius 3 is 2.20 bits per heavy atom. The first-order valence-electron chi connectivity index (χ1n) is 2.14. The van der Waals surface area contributed by atoms with Gasteiger partial charge in [0.05, 0.1) is 0 Å². The average Bonchev–Trinajstić information content (AvgIpc) is 1.64. The van der Waals surface area contributed by atoms with Crippen LogP contribution in [-0.2, 0) is 9.36 Å². The molecule has 0 aromatic carbocycles. The van der Waals surface area contributed by atoms with Crippen molar-refractivity contribution in [3.63, 3.8) is 0 Å². The van der Waals surface area contributed by atoms with E-state index in [1.807, 2.05) is 0 Å². The van der Waals surface area contributed by atoms with Crippen LogP contribution in [0.3, 0.4) is 0 Å². The fourth-order valence-electron chi connectivity index (χ4n) is 0.291. The van der Waals surface area contributed by atoms with E-state index in [9.17, 15) is 9.36 Å². The Bertz CT molecular complexity index is 145. The van der Waals surface area contributed by atoms with Gasteiger partial charge in [0.15, 0.2) is 0 Å². The summed E-state index contributed by atoms with van der Waals surface area (Å²) in [5, 5.41) is -0.837. The molecule has 0 bridgehead atoms. The molecule has 0 spiro atoms. The van der Waals surface area contributed by atoms with Crippen LogP contribution >= 0.6 is 32.0 Å². The van der Waals surface area contributed by atoms with E-state index < -0.39 is 18.9 Å². The highest BCUT2D eigenvalue weighted by atomic mass is 35.5. The molecule has 1 N–H and O–H groups in total. The van der Waals surface area contributed by atoms with E-state index in [1.54, 1.807) is 0 Å². The molecular formula is C4H7Cl2O3P. The summed E-state index contributed by atoms with van der Waals surface area (Å²) < 4.78 is 10.2. The largest absolute Gasteiger partial charge is 0.346 e. The van der Waals surface area contributed by atoms with Crippen LogP contribution in [0.1, 0.15) is 0 Å². The minimum Gasteiger partial charge on any atom is -0.346 e. The Kier molecular flexibility index (Phi) is 7.60. The third-order valence-electron chi connectivity index (χ3n) is 0.746. The number of allylic oxidation sites excluding steroid dienone is 1.